The molecule has 0 unspecified atom stereocenters. The second-order valence-corrected chi connectivity index (χ2v) is 7.86. The fourth-order valence-electron chi connectivity index (χ4n) is 3.18. The second-order valence-electron chi connectivity index (χ2n) is 6.80. The molecule has 1 heterocycles. The molecule has 170 valence electrons. The number of hydrogen-bond acceptors (Lipinski definition) is 6. The van der Waals surface area contributed by atoms with Crippen LogP contribution in [0.4, 0.5) is 8.78 Å². The number of thioether (sulfide) groups is 1. The molecule has 0 aliphatic rings. The molecule has 0 N–H and O–H groups in total. The Labute approximate surface area is 192 Å². The van der Waals surface area contributed by atoms with Crippen LogP contribution < -0.4 is 19.8 Å². The highest BCUT2D eigenvalue weighted by Gasteiger charge is 2.14. The zero-order chi connectivity index (χ0) is 23.2. The molecule has 6 nitrogen and oxygen atoms in total. The van der Waals surface area contributed by atoms with Crippen molar-refractivity contribution in [1.29, 1.82) is 0 Å². The van der Waals surface area contributed by atoms with Crippen molar-refractivity contribution in [2.24, 2.45) is 0 Å². The van der Waals surface area contributed by atoms with Gasteiger partial charge in [-0.2, -0.15) is 8.78 Å². The molecule has 0 atom stereocenters. The number of ether oxygens (including phenoxy) is 3. The number of aromatic nitrogens is 2. The first-order chi connectivity index (χ1) is 16.0. The Morgan fingerprint density at radius 2 is 1.61 bits per heavy atom. The Morgan fingerprint density at radius 3 is 2.30 bits per heavy atom. The number of hydrogen-bond donors (Lipinski definition) is 0. The van der Waals surface area contributed by atoms with E-state index in [9.17, 15) is 13.6 Å². The molecule has 4 rings (SSSR count). The van der Waals surface area contributed by atoms with Crippen LogP contribution in [0.25, 0.3) is 16.6 Å². The molecule has 9 heteroatoms. The smallest absolute Gasteiger partial charge is 0.387 e. The van der Waals surface area contributed by atoms with Gasteiger partial charge in [0.05, 0.1) is 30.3 Å². The lowest BCUT2D eigenvalue weighted by Gasteiger charge is -2.14. The Kier molecular flexibility index (Phi) is 7.09. The van der Waals surface area contributed by atoms with Gasteiger partial charge in [-0.3, -0.25) is 9.36 Å². The summed E-state index contributed by atoms with van der Waals surface area (Å²) in [7, 11) is 1.60. The third kappa shape index (κ3) is 5.43. The maximum atomic E-state index is 13.2. The standard InChI is InChI=1S/C24H20F2N2O4S/c1-30-17-10-12-18(13-11-17)31-14-15-33-24-27-21-5-3-2-4-20(21)22(29)28(24)16-6-8-19(9-7-16)32-23(25)26/h2-13,23H,14-15H2,1H3. The third-order valence-corrected chi connectivity index (χ3v) is 5.61. The Hall–Kier alpha value is -3.59. The van der Waals surface area contributed by atoms with Crippen LogP contribution in [0, 0.1) is 0 Å². The molecule has 3 aromatic carbocycles. The van der Waals surface area contributed by atoms with Crippen molar-refractivity contribution in [3.05, 3.63) is 83.2 Å². The summed E-state index contributed by atoms with van der Waals surface area (Å²) in [6.07, 6.45) is 0. The molecule has 0 spiro atoms. The van der Waals surface area contributed by atoms with Gasteiger partial charge in [0.25, 0.3) is 5.56 Å². The minimum absolute atomic E-state index is 0.0117. The number of nitrogens with zero attached hydrogens (tertiary/aromatic N) is 2. The first-order valence-corrected chi connectivity index (χ1v) is 11.0. The minimum Gasteiger partial charge on any atom is -0.497 e. The number of halogens is 2. The molecular weight excluding hydrogens is 450 g/mol. The topological polar surface area (TPSA) is 62.6 Å². The largest absolute Gasteiger partial charge is 0.497 e. The van der Waals surface area contributed by atoms with Crippen LogP contribution in [0.2, 0.25) is 0 Å². The summed E-state index contributed by atoms with van der Waals surface area (Å²) in [5.74, 6) is 1.99. The van der Waals surface area contributed by atoms with Gasteiger partial charge in [0.15, 0.2) is 5.16 Å². The van der Waals surface area contributed by atoms with Crippen molar-refractivity contribution in [2.45, 2.75) is 11.8 Å². The van der Waals surface area contributed by atoms with Gasteiger partial charge in [-0.15, -0.1) is 0 Å². The van der Waals surface area contributed by atoms with Crippen LogP contribution in [0.3, 0.4) is 0 Å². The third-order valence-electron chi connectivity index (χ3n) is 4.71. The van der Waals surface area contributed by atoms with Crippen molar-refractivity contribution < 1.29 is 23.0 Å². The van der Waals surface area contributed by atoms with E-state index >= 15 is 0 Å². The molecule has 33 heavy (non-hydrogen) atoms. The van der Waals surface area contributed by atoms with Gasteiger partial charge < -0.3 is 14.2 Å². The van der Waals surface area contributed by atoms with Gasteiger partial charge in [-0.25, -0.2) is 4.98 Å². The zero-order valence-electron chi connectivity index (χ0n) is 17.6. The van der Waals surface area contributed by atoms with Crippen LogP contribution in [0.1, 0.15) is 0 Å². The molecule has 0 aliphatic carbocycles. The fraction of sp³-hybridized carbons (Fsp3) is 0.167. The van der Waals surface area contributed by atoms with Crippen molar-refractivity contribution >= 4 is 22.7 Å². The van der Waals surface area contributed by atoms with Gasteiger partial charge in [-0.1, -0.05) is 23.9 Å². The van der Waals surface area contributed by atoms with Gasteiger partial charge in [-0.05, 0) is 60.7 Å². The zero-order valence-corrected chi connectivity index (χ0v) is 18.4. The maximum Gasteiger partial charge on any atom is 0.387 e. The lowest BCUT2D eigenvalue weighted by atomic mass is 10.2. The summed E-state index contributed by atoms with van der Waals surface area (Å²) >= 11 is 1.36. The summed E-state index contributed by atoms with van der Waals surface area (Å²) in [4.78, 5) is 17.9. The van der Waals surface area contributed by atoms with Crippen LogP contribution in [0.15, 0.2) is 82.7 Å². The van der Waals surface area contributed by atoms with Crippen LogP contribution >= 0.6 is 11.8 Å². The first kappa shape index (κ1) is 22.6. The molecule has 0 amide bonds. The van der Waals surface area contributed by atoms with Crippen molar-refractivity contribution in [3.8, 4) is 22.9 Å². The highest BCUT2D eigenvalue weighted by Crippen LogP contribution is 2.24. The van der Waals surface area contributed by atoms with Gasteiger partial charge in [0.2, 0.25) is 0 Å². The monoisotopic (exact) mass is 470 g/mol. The summed E-state index contributed by atoms with van der Waals surface area (Å²) < 4.78 is 41.7. The quantitative estimate of drug-likeness (QED) is 0.191. The van der Waals surface area contributed by atoms with E-state index in [4.69, 9.17) is 9.47 Å². The van der Waals surface area contributed by atoms with Crippen molar-refractivity contribution in [1.82, 2.24) is 9.55 Å². The molecule has 0 fully saturated rings. The van der Waals surface area contributed by atoms with Gasteiger partial charge in [0.1, 0.15) is 17.2 Å². The molecule has 4 aromatic rings. The molecule has 0 aliphatic heterocycles. The average molecular weight is 470 g/mol. The van der Waals surface area contributed by atoms with Crippen LogP contribution in [-0.2, 0) is 0 Å². The highest BCUT2D eigenvalue weighted by atomic mass is 32.2. The molecular formula is C24H20F2N2O4S. The SMILES string of the molecule is COc1ccc(OCCSc2nc3ccccc3c(=O)n2-c2ccc(OC(F)F)cc2)cc1. The van der Waals surface area contributed by atoms with E-state index in [0.29, 0.717) is 39.9 Å². The molecule has 0 saturated carbocycles. The molecule has 0 bridgehead atoms. The second kappa shape index (κ2) is 10.4. The van der Waals surface area contributed by atoms with E-state index in [1.165, 1.54) is 28.5 Å². The van der Waals surface area contributed by atoms with E-state index < -0.39 is 6.61 Å². The normalized spacial score (nSPS) is 11.0. The Balaban J connectivity index is 1.57. The summed E-state index contributed by atoms with van der Waals surface area (Å²) in [5.41, 5.74) is 0.829. The minimum atomic E-state index is -2.92. The van der Waals surface area contributed by atoms with E-state index in [2.05, 4.69) is 9.72 Å². The predicted molar refractivity (Wildman–Crippen MR) is 123 cm³/mol. The molecule has 1 aromatic heterocycles. The number of benzene rings is 3. The van der Waals surface area contributed by atoms with E-state index in [1.54, 1.807) is 37.4 Å². The number of alkyl halides is 2. The number of rotatable bonds is 9. The van der Waals surface area contributed by atoms with Crippen molar-refractivity contribution in [3.63, 3.8) is 0 Å². The van der Waals surface area contributed by atoms with Crippen LogP contribution in [0.5, 0.6) is 17.2 Å². The van der Waals surface area contributed by atoms with E-state index in [-0.39, 0.29) is 11.3 Å². The maximum absolute atomic E-state index is 13.2. The van der Waals surface area contributed by atoms with E-state index in [1.807, 2.05) is 30.3 Å². The predicted octanol–water partition coefficient (Wildman–Crippen LogP) is 5.17. The van der Waals surface area contributed by atoms with E-state index in [0.717, 1.165) is 5.75 Å². The van der Waals surface area contributed by atoms with Crippen molar-refractivity contribution in [2.75, 3.05) is 19.5 Å². The summed E-state index contributed by atoms with van der Waals surface area (Å²) in [6, 6.07) is 20.2. The highest BCUT2D eigenvalue weighted by molar-refractivity contribution is 7.99. The summed E-state index contributed by atoms with van der Waals surface area (Å²) in [5, 5.41) is 0.934. The van der Waals surface area contributed by atoms with Gasteiger partial charge >= 0.3 is 6.61 Å². The first-order valence-electron chi connectivity index (χ1n) is 10.0. The Morgan fingerprint density at radius 1 is 0.939 bits per heavy atom. The number of para-hydroxylation sites is 1. The molecule has 0 radical (unpaired) electrons. The Bertz CT molecular complexity index is 1280. The lowest BCUT2D eigenvalue weighted by molar-refractivity contribution is -0.0498. The average Bonchev–Trinajstić information content (AvgIpc) is 2.83. The van der Waals surface area contributed by atoms with Gasteiger partial charge in [0, 0.05) is 5.75 Å². The fourth-order valence-corrected chi connectivity index (χ4v) is 4.01. The van der Waals surface area contributed by atoms with Crippen LogP contribution in [-0.4, -0.2) is 35.6 Å². The number of methoxy groups -OCH3 is 1. The lowest BCUT2D eigenvalue weighted by Crippen LogP contribution is -2.22. The summed E-state index contributed by atoms with van der Waals surface area (Å²) in [6.45, 7) is -2.53. The molecule has 0 saturated heterocycles. The number of fused-ring (bicyclic) bond motifs is 1.